The smallest absolute Gasteiger partial charge is 0.119 e. The molecule has 0 bridgehead atoms. The molecule has 4 atom stereocenters. The molecule has 0 saturated heterocycles. The van der Waals surface area contributed by atoms with Crippen molar-refractivity contribution in [1.82, 2.24) is 4.98 Å². The van der Waals surface area contributed by atoms with Crippen molar-refractivity contribution in [2.24, 2.45) is 22.2 Å². The predicted molar refractivity (Wildman–Crippen MR) is 115 cm³/mol. The van der Waals surface area contributed by atoms with E-state index in [1.807, 2.05) is 24.4 Å². The monoisotopic (exact) mass is 387 g/mol. The highest BCUT2D eigenvalue weighted by atomic mass is 16.5. The number of fused-ring (bicyclic) bond motifs is 3. The quantitative estimate of drug-likeness (QED) is 0.651. The van der Waals surface area contributed by atoms with Crippen molar-refractivity contribution in [3.63, 3.8) is 0 Å². The molecule has 29 heavy (non-hydrogen) atoms. The fraction of sp³-hybridized carbons (Fsp3) is 0.480. The van der Waals surface area contributed by atoms with Crippen molar-refractivity contribution in [2.45, 2.75) is 51.5 Å². The van der Waals surface area contributed by atoms with Crippen LogP contribution in [0.4, 0.5) is 0 Å². The third-order valence-corrected chi connectivity index (χ3v) is 7.05. The summed E-state index contributed by atoms with van der Waals surface area (Å²) in [5, 5.41) is 9.59. The Labute approximate surface area is 173 Å². The number of hydrogen-bond acceptors (Lipinski definition) is 4. The fourth-order valence-electron chi connectivity index (χ4n) is 5.52. The molecule has 150 valence electrons. The Kier molecular flexibility index (Phi) is 5.67. The van der Waals surface area contributed by atoms with Crippen LogP contribution in [0.2, 0.25) is 0 Å². The molecule has 2 aliphatic carbocycles. The highest BCUT2D eigenvalue weighted by molar-refractivity contribution is 5.66. The number of nitriles is 1. The number of pyridine rings is 1. The Morgan fingerprint density at radius 2 is 2.21 bits per heavy atom. The number of nitrogens with zero attached hydrogens (tertiary/aromatic N) is 3. The maximum absolute atomic E-state index is 9.59. The molecule has 1 aromatic carbocycles. The molecule has 0 N–H and O–H groups in total. The van der Waals surface area contributed by atoms with Gasteiger partial charge in [0.25, 0.3) is 0 Å². The molecule has 0 aliphatic heterocycles. The lowest BCUT2D eigenvalue weighted by Crippen LogP contribution is -2.43. The maximum Gasteiger partial charge on any atom is 0.119 e. The van der Waals surface area contributed by atoms with Gasteiger partial charge in [-0.2, -0.15) is 5.26 Å². The molecule has 2 aliphatic rings. The lowest BCUT2D eigenvalue weighted by molar-refractivity contribution is 0.0895. The molecule has 1 aromatic heterocycles. The second-order valence-electron chi connectivity index (χ2n) is 8.68. The topological polar surface area (TPSA) is 58.3 Å². The Balaban J connectivity index is 1.57. The molecule has 4 rings (SSSR count). The van der Waals surface area contributed by atoms with E-state index in [4.69, 9.17) is 9.73 Å². The number of benzene rings is 1. The number of aliphatic imine (C=N–C) groups is 1. The summed E-state index contributed by atoms with van der Waals surface area (Å²) in [6.07, 6.45) is 8.97. The second-order valence-corrected chi connectivity index (χ2v) is 8.68. The molecule has 1 fully saturated rings. The third kappa shape index (κ3) is 3.92. The Morgan fingerprint density at radius 1 is 1.31 bits per heavy atom. The molecule has 2 aromatic rings. The van der Waals surface area contributed by atoms with Gasteiger partial charge in [-0.1, -0.05) is 19.1 Å². The Morgan fingerprint density at radius 3 is 2.97 bits per heavy atom. The van der Waals surface area contributed by atoms with E-state index in [0.717, 1.165) is 37.1 Å². The number of methoxy groups -OCH3 is 1. The van der Waals surface area contributed by atoms with E-state index in [2.05, 4.69) is 42.4 Å². The minimum absolute atomic E-state index is 0.0321. The van der Waals surface area contributed by atoms with Crippen molar-refractivity contribution < 1.29 is 4.74 Å². The summed E-state index contributed by atoms with van der Waals surface area (Å²) >= 11 is 0. The zero-order valence-corrected chi connectivity index (χ0v) is 17.3. The first-order chi connectivity index (χ1) is 14.1. The van der Waals surface area contributed by atoms with E-state index in [0.29, 0.717) is 30.7 Å². The van der Waals surface area contributed by atoms with Gasteiger partial charge in [-0.25, -0.2) is 0 Å². The average Bonchev–Trinajstić information content (AvgIpc) is 2.76. The number of aromatic nitrogens is 1. The zero-order valence-electron chi connectivity index (χ0n) is 17.3. The highest BCUT2D eigenvalue weighted by Crippen LogP contribution is 2.55. The molecule has 4 unspecified atom stereocenters. The van der Waals surface area contributed by atoms with Crippen LogP contribution in [-0.4, -0.2) is 18.3 Å². The van der Waals surface area contributed by atoms with E-state index in [1.165, 1.54) is 11.1 Å². The largest absolute Gasteiger partial charge is 0.497 e. The van der Waals surface area contributed by atoms with Crippen LogP contribution in [0, 0.1) is 28.6 Å². The van der Waals surface area contributed by atoms with E-state index in [1.54, 1.807) is 7.11 Å². The number of rotatable bonds is 5. The molecular weight excluding hydrogens is 358 g/mol. The lowest BCUT2D eigenvalue weighted by Gasteiger charge is -2.50. The number of aryl methyl sites for hydroxylation is 1. The van der Waals surface area contributed by atoms with Gasteiger partial charge < -0.3 is 4.74 Å². The van der Waals surface area contributed by atoms with Crippen LogP contribution in [-0.2, 0) is 13.0 Å². The Bertz CT molecular complexity index is 917. The highest BCUT2D eigenvalue weighted by Gasteiger charge is 2.47. The molecule has 1 saturated carbocycles. The van der Waals surface area contributed by atoms with Gasteiger partial charge in [0, 0.05) is 24.2 Å². The van der Waals surface area contributed by atoms with Crippen molar-refractivity contribution >= 4 is 6.21 Å². The minimum atomic E-state index is -0.0321. The van der Waals surface area contributed by atoms with Gasteiger partial charge in [0.15, 0.2) is 0 Å². The van der Waals surface area contributed by atoms with Crippen LogP contribution in [0.15, 0.2) is 47.6 Å². The first kappa shape index (κ1) is 19.6. The third-order valence-electron chi connectivity index (χ3n) is 7.05. The summed E-state index contributed by atoms with van der Waals surface area (Å²) < 4.78 is 5.42. The zero-order chi connectivity index (χ0) is 20.3. The van der Waals surface area contributed by atoms with Crippen LogP contribution in [0.25, 0.3) is 0 Å². The van der Waals surface area contributed by atoms with Gasteiger partial charge in [0.05, 0.1) is 25.4 Å². The van der Waals surface area contributed by atoms with Gasteiger partial charge in [0.2, 0.25) is 0 Å². The van der Waals surface area contributed by atoms with Gasteiger partial charge in [-0.05, 0) is 78.8 Å². The van der Waals surface area contributed by atoms with Crippen molar-refractivity contribution in [2.75, 3.05) is 7.11 Å². The van der Waals surface area contributed by atoms with Crippen molar-refractivity contribution in [3.8, 4) is 11.8 Å². The van der Waals surface area contributed by atoms with Gasteiger partial charge in [-0.3, -0.25) is 9.98 Å². The van der Waals surface area contributed by atoms with Gasteiger partial charge in [0.1, 0.15) is 5.75 Å². The summed E-state index contributed by atoms with van der Waals surface area (Å²) in [6.45, 7) is 2.91. The van der Waals surface area contributed by atoms with E-state index >= 15 is 0 Å². The van der Waals surface area contributed by atoms with Gasteiger partial charge in [-0.15, -0.1) is 0 Å². The lowest BCUT2D eigenvalue weighted by atomic mass is 9.54. The number of ether oxygens (including phenoxy) is 1. The molecule has 4 nitrogen and oxygen atoms in total. The van der Waals surface area contributed by atoms with Gasteiger partial charge >= 0.3 is 0 Å². The summed E-state index contributed by atoms with van der Waals surface area (Å²) in [4.78, 5) is 9.13. The molecule has 4 heteroatoms. The minimum Gasteiger partial charge on any atom is -0.497 e. The first-order valence-electron chi connectivity index (χ1n) is 10.6. The van der Waals surface area contributed by atoms with E-state index in [9.17, 15) is 5.26 Å². The summed E-state index contributed by atoms with van der Waals surface area (Å²) in [7, 11) is 1.73. The normalized spacial score (nSPS) is 28.4. The summed E-state index contributed by atoms with van der Waals surface area (Å²) in [5.41, 5.74) is 3.85. The second kappa shape index (κ2) is 8.37. The van der Waals surface area contributed by atoms with Crippen LogP contribution in [0.5, 0.6) is 5.75 Å². The molecule has 1 heterocycles. The van der Waals surface area contributed by atoms with Crippen molar-refractivity contribution in [3.05, 3.63) is 59.4 Å². The summed E-state index contributed by atoms with van der Waals surface area (Å²) in [6, 6.07) is 15.0. The van der Waals surface area contributed by atoms with E-state index in [-0.39, 0.29) is 5.41 Å². The predicted octanol–water partition coefficient (Wildman–Crippen LogP) is 5.34. The number of hydrogen-bond donors (Lipinski definition) is 0. The molecule has 0 spiro atoms. The van der Waals surface area contributed by atoms with E-state index < -0.39 is 0 Å². The SMILES string of the molecule is COc1ccc2c(c1)CCC1C2CCC(C)(C=NCc2ccccn2)C1CC#N. The average molecular weight is 388 g/mol. The molecule has 0 radical (unpaired) electrons. The van der Waals surface area contributed by atoms with Crippen LogP contribution >= 0.6 is 0 Å². The Hall–Kier alpha value is -2.67. The summed E-state index contributed by atoms with van der Waals surface area (Å²) in [5.74, 6) is 2.36. The maximum atomic E-state index is 9.59. The first-order valence-corrected chi connectivity index (χ1v) is 10.6. The van der Waals surface area contributed by atoms with Crippen LogP contribution < -0.4 is 4.74 Å². The van der Waals surface area contributed by atoms with Crippen molar-refractivity contribution in [1.29, 1.82) is 5.26 Å². The van der Waals surface area contributed by atoms with Crippen LogP contribution in [0.3, 0.4) is 0 Å². The standard InChI is InChI=1S/C25H29N3O/c1-25(17-27-16-19-5-3-4-14-28-19)12-10-22-21-9-7-20(29-2)15-18(21)6-8-23(22)24(25)11-13-26/h3-5,7,9,14-15,17,22-24H,6,8,10-12,16H2,1-2H3. The molecular formula is C25H29N3O. The fourth-order valence-corrected chi connectivity index (χ4v) is 5.52. The molecule has 0 amide bonds. The van der Waals surface area contributed by atoms with Crippen LogP contribution in [0.1, 0.15) is 55.3 Å².